The minimum absolute atomic E-state index is 0.139. The van der Waals surface area contributed by atoms with Gasteiger partial charge in [-0.05, 0) is 70.9 Å². The van der Waals surface area contributed by atoms with Gasteiger partial charge in [0.2, 0.25) is 5.91 Å². The van der Waals surface area contributed by atoms with Crippen LogP contribution in [0, 0.1) is 13.8 Å². The second-order valence-corrected chi connectivity index (χ2v) is 9.48. The molecule has 0 aliphatic carbocycles. The van der Waals surface area contributed by atoms with Crippen molar-refractivity contribution in [2.24, 2.45) is 0 Å². The van der Waals surface area contributed by atoms with E-state index in [1.54, 1.807) is 11.8 Å². The largest absolute Gasteiger partial charge is 0.484 e. The van der Waals surface area contributed by atoms with Gasteiger partial charge in [0.25, 0.3) is 5.91 Å². The maximum atomic E-state index is 13.1. The van der Waals surface area contributed by atoms with Crippen LogP contribution in [0.15, 0.2) is 46.9 Å². The number of carbonyl (C=O) groups is 2. The van der Waals surface area contributed by atoms with Crippen molar-refractivity contribution in [1.29, 1.82) is 0 Å². The Morgan fingerprint density at radius 2 is 1.83 bits per heavy atom. The molecule has 0 radical (unpaired) electrons. The molecule has 0 aromatic heterocycles. The fraction of sp³-hybridized carbons (Fsp3) is 0.417. The molecule has 5 nitrogen and oxygen atoms in total. The molecule has 2 aromatic carbocycles. The van der Waals surface area contributed by atoms with Gasteiger partial charge in [-0.15, -0.1) is 0 Å². The van der Waals surface area contributed by atoms with Crippen molar-refractivity contribution in [3.05, 3.63) is 63.6 Å². The predicted octanol–water partition coefficient (Wildman–Crippen LogP) is 4.78. The van der Waals surface area contributed by atoms with E-state index in [-0.39, 0.29) is 24.0 Å². The smallest absolute Gasteiger partial charge is 0.261 e. The van der Waals surface area contributed by atoms with Crippen LogP contribution in [0.4, 0.5) is 0 Å². The summed E-state index contributed by atoms with van der Waals surface area (Å²) >= 11 is 3.46. The van der Waals surface area contributed by atoms with Gasteiger partial charge >= 0.3 is 0 Å². The highest BCUT2D eigenvalue weighted by molar-refractivity contribution is 9.10. The number of carbonyl (C=O) groups excluding carboxylic acids is 2. The van der Waals surface area contributed by atoms with Crippen LogP contribution in [-0.4, -0.2) is 34.9 Å². The summed E-state index contributed by atoms with van der Waals surface area (Å²) in [7, 11) is 0. The molecular formula is C24H31BrN2O3. The van der Waals surface area contributed by atoms with Gasteiger partial charge in [0.1, 0.15) is 11.8 Å². The van der Waals surface area contributed by atoms with Crippen molar-refractivity contribution in [3.63, 3.8) is 0 Å². The Kier molecular flexibility index (Phi) is 8.07. The van der Waals surface area contributed by atoms with Crippen molar-refractivity contribution in [2.75, 3.05) is 6.61 Å². The molecule has 2 amide bonds. The van der Waals surface area contributed by atoms with Gasteiger partial charge in [-0.1, -0.05) is 45.8 Å². The minimum Gasteiger partial charge on any atom is -0.484 e. The molecule has 0 aliphatic heterocycles. The highest BCUT2D eigenvalue weighted by atomic mass is 79.9. The normalized spacial score (nSPS) is 12.2. The van der Waals surface area contributed by atoms with E-state index in [1.807, 2.05) is 77.1 Å². The second kappa shape index (κ2) is 10.1. The predicted molar refractivity (Wildman–Crippen MR) is 123 cm³/mol. The number of ether oxygens (including phenoxy) is 1. The topological polar surface area (TPSA) is 58.6 Å². The van der Waals surface area contributed by atoms with Crippen molar-refractivity contribution in [2.45, 2.75) is 59.7 Å². The molecular weight excluding hydrogens is 444 g/mol. The van der Waals surface area contributed by atoms with E-state index in [1.165, 1.54) is 0 Å². The lowest BCUT2D eigenvalue weighted by molar-refractivity contribution is -0.142. The molecule has 2 rings (SSSR count). The molecule has 0 aliphatic rings. The van der Waals surface area contributed by atoms with E-state index in [0.717, 1.165) is 21.2 Å². The molecule has 0 spiro atoms. The van der Waals surface area contributed by atoms with Crippen LogP contribution in [0.3, 0.4) is 0 Å². The Balaban J connectivity index is 2.18. The molecule has 0 saturated heterocycles. The Morgan fingerprint density at radius 3 is 2.43 bits per heavy atom. The summed E-state index contributed by atoms with van der Waals surface area (Å²) in [5.74, 6) is 0.183. The summed E-state index contributed by atoms with van der Waals surface area (Å²) in [4.78, 5) is 27.4. The minimum atomic E-state index is -0.632. The number of nitrogens with one attached hydrogen (secondary N) is 1. The molecule has 6 heteroatoms. The zero-order chi connectivity index (χ0) is 22.5. The summed E-state index contributed by atoms with van der Waals surface area (Å²) < 4.78 is 6.71. The number of nitrogens with zero attached hydrogens (tertiary/aromatic N) is 1. The third kappa shape index (κ3) is 7.17. The lowest BCUT2D eigenvalue weighted by Gasteiger charge is -2.31. The lowest BCUT2D eigenvalue weighted by Crippen LogP contribution is -2.53. The summed E-state index contributed by atoms with van der Waals surface area (Å²) in [6, 6.07) is 12.9. The monoisotopic (exact) mass is 474 g/mol. The second-order valence-electron chi connectivity index (χ2n) is 8.63. The van der Waals surface area contributed by atoms with Crippen molar-refractivity contribution in [1.82, 2.24) is 10.2 Å². The Hall–Kier alpha value is -2.34. The van der Waals surface area contributed by atoms with Crippen LogP contribution in [-0.2, 0) is 16.1 Å². The van der Waals surface area contributed by atoms with E-state index in [9.17, 15) is 9.59 Å². The van der Waals surface area contributed by atoms with Crippen LogP contribution in [0.25, 0.3) is 0 Å². The van der Waals surface area contributed by atoms with Gasteiger partial charge in [0.15, 0.2) is 6.61 Å². The zero-order valence-corrected chi connectivity index (χ0v) is 20.2. The highest BCUT2D eigenvalue weighted by Crippen LogP contribution is 2.22. The maximum Gasteiger partial charge on any atom is 0.261 e. The first kappa shape index (κ1) is 23.9. The Morgan fingerprint density at radius 1 is 1.13 bits per heavy atom. The maximum absolute atomic E-state index is 13.1. The number of hydrogen-bond acceptors (Lipinski definition) is 3. The van der Waals surface area contributed by atoms with E-state index < -0.39 is 6.04 Å². The van der Waals surface area contributed by atoms with Crippen LogP contribution in [0.2, 0.25) is 0 Å². The zero-order valence-electron chi connectivity index (χ0n) is 18.6. The van der Waals surface area contributed by atoms with Crippen LogP contribution in [0.5, 0.6) is 5.75 Å². The number of amides is 2. The van der Waals surface area contributed by atoms with E-state index in [0.29, 0.717) is 12.3 Å². The standard InChI is InChI=1S/C24H31BrN2O3/c1-16-8-7-9-19(12-16)14-27(18(3)23(29)26-24(4,5)6)22(28)15-30-20-10-11-21(25)17(2)13-20/h7-13,18H,14-15H2,1-6H3,(H,26,29). The Bertz CT molecular complexity index is 906. The number of halogens is 1. The molecule has 0 fully saturated rings. The van der Waals surface area contributed by atoms with Gasteiger partial charge < -0.3 is 15.0 Å². The quantitative estimate of drug-likeness (QED) is 0.628. The molecule has 1 unspecified atom stereocenters. The van der Waals surface area contributed by atoms with Crippen LogP contribution < -0.4 is 10.1 Å². The molecule has 2 aromatic rings. The number of aryl methyl sites for hydroxylation is 2. The van der Waals surface area contributed by atoms with E-state index in [2.05, 4.69) is 21.2 Å². The number of hydrogen-bond donors (Lipinski definition) is 1. The number of benzene rings is 2. The fourth-order valence-corrected chi connectivity index (χ4v) is 3.25. The average Bonchev–Trinajstić information content (AvgIpc) is 2.65. The SMILES string of the molecule is Cc1cccc(CN(C(=O)COc2ccc(Br)c(C)c2)C(C)C(=O)NC(C)(C)C)c1. The number of rotatable bonds is 7. The molecule has 0 saturated carbocycles. The van der Waals surface area contributed by atoms with Gasteiger partial charge in [-0.2, -0.15) is 0 Å². The van der Waals surface area contributed by atoms with Crippen molar-refractivity contribution >= 4 is 27.7 Å². The molecule has 1 N–H and O–H groups in total. The first-order valence-corrected chi connectivity index (χ1v) is 10.8. The average molecular weight is 475 g/mol. The van der Waals surface area contributed by atoms with Gasteiger partial charge in [-0.25, -0.2) is 0 Å². The first-order valence-electron chi connectivity index (χ1n) is 10.0. The third-order valence-corrected chi connectivity index (χ3v) is 5.48. The van der Waals surface area contributed by atoms with Crippen LogP contribution in [0.1, 0.15) is 44.4 Å². The summed E-state index contributed by atoms with van der Waals surface area (Å²) in [6.45, 7) is 11.7. The molecule has 30 heavy (non-hydrogen) atoms. The third-order valence-electron chi connectivity index (χ3n) is 4.59. The Labute approximate surface area is 187 Å². The van der Waals surface area contributed by atoms with Crippen molar-refractivity contribution in [3.8, 4) is 5.75 Å². The first-order chi connectivity index (χ1) is 14.0. The van der Waals surface area contributed by atoms with E-state index >= 15 is 0 Å². The lowest BCUT2D eigenvalue weighted by atomic mass is 10.1. The molecule has 1 atom stereocenters. The summed E-state index contributed by atoms with van der Waals surface area (Å²) in [6.07, 6.45) is 0. The van der Waals surface area contributed by atoms with Crippen molar-refractivity contribution < 1.29 is 14.3 Å². The highest BCUT2D eigenvalue weighted by Gasteiger charge is 2.28. The fourth-order valence-electron chi connectivity index (χ4n) is 3.00. The molecule has 0 heterocycles. The van der Waals surface area contributed by atoms with Gasteiger partial charge in [0.05, 0.1) is 0 Å². The molecule has 162 valence electrons. The summed E-state index contributed by atoms with van der Waals surface area (Å²) in [5.41, 5.74) is 2.72. The van der Waals surface area contributed by atoms with E-state index in [4.69, 9.17) is 4.74 Å². The van der Waals surface area contributed by atoms with Gasteiger partial charge in [0, 0.05) is 16.6 Å². The van der Waals surface area contributed by atoms with Gasteiger partial charge in [-0.3, -0.25) is 9.59 Å². The van der Waals surface area contributed by atoms with Crippen LogP contribution >= 0.6 is 15.9 Å². The summed E-state index contributed by atoms with van der Waals surface area (Å²) in [5, 5.41) is 2.96. The molecule has 0 bridgehead atoms.